The smallest absolute Gasteiger partial charge is 0.272 e. The molecule has 0 heterocycles. The molecule has 1 fully saturated rings. The normalized spacial score (nSPS) is 15.9. The maximum absolute atomic E-state index is 12.0. The van der Waals surface area contributed by atoms with Crippen LogP contribution in [0.1, 0.15) is 42.5 Å². The first kappa shape index (κ1) is 15.3. The third kappa shape index (κ3) is 4.18. The molecule has 0 aliphatic heterocycles. The van der Waals surface area contributed by atoms with Crippen LogP contribution in [0.4, 0.5) is 0 Å². The van der Waals surface area contributed by atoms with Crippen LogP contribution >= 0.6 is 0 Å². The Bertz CT molecular complexity index is 511. The molecule has 0 spiro atoms. The predicted octanol–water partition coefficient (Wildman–Crippen LogP) is 3.13. The SMILES string of the molecule is COc1ccc(C(=O)NN=NC2CCCCC2)cc1OC. The van der Waals surface area contributed by atoms with Crippen molar-refractivity contribution in [2.75, 3.05) is 14.2 Å². The molecule has 1 N–H and O–H groups in total. The lowest BCUT2D eigenvalue weighted by atomic mass is 9.96. The molecule has 6 nitrogen and oxygen atoms in total. The van der Waals surface area contributed by atoms with E-state index in [1.807, 2.05) is 0 Å². The fourth-order valence-electron chi connectivity index (χ4n) is 2.39. The van der Waals surface area contributed by atoms with Crippen molar-refractivity contribution in [3.63, 3.8) is 0 Å². The highest BCUT2D eigenvalue weighted by molar-refractivity contribution is 5.94. The van der Waals surface area contributed by atoms with Gasteiger partial charge in [-0.1, -0.05) is 24.5 Å². The number of carbonyl (C=O) groups is 1. The van der Waals surface area contributed by atoms with Crippen molar-refractivity contribution in [1.82, 2.24) is 5.43 Å². The Morgan fingerprint density at radius 1 is 1.14 bits per heavy atom. The van der Waals surface area contributed by atoms with Crippen molar-refractivity contribution in [1.29, 1.82) is 0 Å². The van der Waals surface area contributed by atoms with E-state index in [0.717, 1.165) is 12.8 Å². The van der Waals surface area contributed by atoms with E-state index in [1.54, 1.807) is 25.3 Å². The Morgan fingerprint density at radius 3 is 2.52 bits per heavy atom. The first-order chi connectivity index (χ1) is 10.2. The van der Waals surface area contributed by atoms with Gasteiger partial charge in [0.05, 0.1) is 20.3 Å². The van der Waals surface area contributed by atoms with Gasteiger partial charge in [-0.05, 0) is 31.0 Å². The Hall–Kier alpha value is -2.11. The van der Waals surface area contributed by atoms with Crippen molar-refractivity contribution in [3.8, 4) is 11.5 Å². The Labute approximate surface area is 124 Å². The van der Waals surface area contributed by atoms with E-state index in [0.29, 0.717) is 17.1 Å². The van der Waals surface area contributed by atoms with E-state index in [-0.39, 0.29) is 11.9 Å². The average Bonchev–Trinajstić information content (AvgIpc) is 2.55. The zero-order chi connectivity index (χ0) is 15.1. The van der Waals surface area contributed by atoms with Crippen molar-refractivity contribution in [2.24, 2.45) is 10.3 Å². The fourth-order valence-corrected chi connectivity index (χ4v) is 2.39. The van der Waals surface area contributed by atoms with Gasteiger partial charge in [-0.25, -0.2) is 5.43 Å². The first-order valence-electron chi connectivity index (χ1n) is 7.17. The average molecular weight is 291 g/mol. The zero-order valence-corrected chi connectivity index (χ0v) is 12.5. The Balaban J connectivity index is 1.95. The van der Waals surface area contributed by atoms with Crippen LogP contribution in [0, 0.1) is 0 Å². The molecule has 6 heteroatoms. The Morgan fingerprint density at radius 2 is 1.86 bits per heavy atom. The largest absolute Gasteiger partial charge is 0.493 e. The maximum atomic E-state index is 12.0. The van der Waals surface area contributed by atoms with Crippen LogP contribution < -0.4 is 14.9 Å². The molecule has 0 saturated heterocycles. The fraction of sp³-hybridized carbons (Fsp3) is 0.533. The van der Waals surface area contributed by atoms with Crippen LogP contribution in [0.2, 0.25) is 0 Å². The van der Waals surface area contributed by atoms with Gasteiger partial charge in [-0.2, -0.15) is 5.11 Å². The molecule has 0 radical (unpaired) electrons. The van der Waals surface area contributed by atoms with E-state index in [4.69, 9.17) is 9.47 Å². The number of hydrogen-bond acceptors (Lipinski definition) is 5. The monoisotopic (exact) mass is 291 g/mol. The van der Waals surface area contributed by atoms with E-state index in [1.165, 1.54) is 26.4 Å². The highest BCUT2D eigenvalue weighted by Gasteiger charge is 2.13. The number of hydrogen-bond donors (Lipinski definition) is 1. The molecule has 0 bridgehead atoms. The minimum Gasteiger partial charge on any atom is -0.493 e. The lowest BCUT2D eigenvalue weighted by molar-refractivity contribution is 0.0950. The van der Waals surface area contributed by atoms with Crippen LogP contribution in [-0.4, -0.2) is 26.2 Å². The van der Waals surface area contributed by atoms with Crippen LogP contribution in [0.3, 0.4) is 0 Å². The molecule has 21 heavy (non-hydrogen) atoms. The summed E-state index contributed by atoms with van der Waals surface area (Å²) in [6, 6.07) is 5.20. The van der Waals surface area contributed by atoms with Gasteiger partial charge in [0.25, 0.3) is 5.91 Å². The third-order valence-corrected chi connectivity index (χ3v) is 3.59. The number of benzene rings is 1. The Kier molecular flexibility index (Phi) is 5.54. The number of carbonyl (C=O) groups excluding carboxylic acids is 1. The van der Waals surface area contributed by atoms with E-state index in [9.17, 15) is 4.79 Å². The van der Waals surface area contributed by atoms with Crippen molar-refractivity contribution in [2.45, 2.75) is 38.1 Å². The number of nitrogens with zero attached hydrogens (tertiary/aromatic N) is 2. The van der Waals surface area contributed by atoms with Crippen molar-refractivity contribution < 1.29 is 14.3 Å². The van der Waals surface area contributed by atoms with Crippen molar-refractivity contribution >= 4 is 5.91 Å². The topological polar surface area (TPSA) is 72.3 Å². The standard InChI is InChI=1S/C15H21N3O3/c1-20-13-9-8-11(10-14(13)21-2)15(19)17-18-16-12-6-4-3-5-7-12/h8-10,12H,3-7H2,1-2H3,(H,16,17,19). The van der Waals surface area contributed by atoms with Crippen molar-refractivity contribution in [3.05, 3.63) is 23.8 Å². The van der Waals surface area contributed by atoms with Crippen LogP contribution in [0.15, 0.2) is 28.5 Å². The molecule has 114 valence electrons. The summed E-state index contributed by atoms with van der Waals surface area (Å²) in [4.78, 5) is 12.0. The van der Waals surface area contributed by atoms with Gasteiger partial charge >= 0.3 is 0 Å². The number of rotatable bonds is 5. The summed E-state index contributed by atoms with van der Waals surface area (Å²) in [5, 5.41) is 7.98. The summed E-state index contributed by atoms with van der Waals surface area (Å²) in [5.74, 6) is 0.780. The van der Waals surface area contributed by atoms with Gasteiger partial charge in [0.15, 0.2) is 11.5 Å². The molecule has 1 aliphatic carbocycles. The quantitative estimate of drug-likeness (QED) is 0.669. The molecule has 1 aliphatic rings. The van der Waals surface area contributed by atoms with E-state index < -0.39 is 0 Å². The number of nitrogens with one attached hydrogen (secondary N) is 1. The molecule has 1 amide bonds. The molecule has 2 rings (SSSR count). The van der Waals surface area contributed by atoms with Gasteiger partial charge in [-0.3, -0.25) is 4.79 Å². The summed E-state index contributed by atoms with van der Waals surface area (Å²) in [7, 11) is 3.08. The van der Waals surface area contributed by atoms with E-state index >= 15 is 0 Å². The second-order valence-electron chi connectivity index (χ2n) is 5.02. The van der Waals surface area contributed by atoms with Gasteiger partial charge < -0.3 is 9.47 Å². The van der Waals surface area contributed by atoms with E-state index in [2.05, 4.69) is 15.8 Å². The molecule has 0 unspecified atom stereocenters. The van der Waals surface area contributed by atoms with Crippen LogP contribution in [0.25, 0.3) is 0 Å². The molecule has 0 aromatic heterocycles. The molecule has 1 aromatic rings. The minimum atomic E-state index is -0.310. The molecule has 0 atom stereocenters. The molecule has 1 aromatic carbocycles. The molecular weight excluding hydrogens is 270 g/mol. The number of methoxy groups -OCH3 is 2. The lowest BCUT2D eigenvalue weighted by Gasteiger charge is -2.15. The highest BCUT2D eigenvalue weighted by Crippen LogP contribution is 2.27. The summed E-state index contributed by atoms with van der Waals surface area (Å²) >= 11 is 0. The summed E-state index contributed by atoms with van der Waals surface area (Å²) < 4.78 is 10.3. The predicted molar refractivity (Wildman–Crippen MR) is 78.7 cm³/mol. The number of amides is 1. The summed E-state index contributed by atoms with van der Waals surface area (Å²) in [6.45, 7) is 0. The molecular formula is C15H21N3O3. The van der Waals surface area contributed by atoms with Crippen LogP contribution in [-0.2, 0) is 0 Å². The van der Waals surface area contributed by atoms with Gasteiger partial charge in [0, 0.05) is 5.56 Å². The minimum absolute atomic E-state index is 0.240. The summed E-state index contributed by atoms with van der Waals surface area (Å²) in [5.41, 5.74) is 2.91. The second kappa shape index (κ2) is 7.61. The lowest BCUT2D eigenvalue weighted by Crippen LogP contribution is -2.18. The van der Waals surface area contributed by atoms with Gasteiger partial charge in [0.1, 0.15) is 0 Å². The molecule has 1 saturated carbocycles. The maximum Gasteiger partial charge on any atom is 0.272 e. The van der Waals surface area contributed by atoms with Gasteiger partial charge in [0.2, 0.25) is 0 Å². The second-order valence-corrected chi connectivity index (χ2v) is 5.02. The first-order valence-corrected chi connectivity index (χ1v) is 7.17. The zero-order valence-electron chi connectivity index (χ0n) is 12.5. The van der Waals surface area contributed by atoms with Crippen LogP contribution in [0.5, 0.6) is 11.5 Å². The third-order valence-electron chi connectivity index (χ3n) is 3.59. The van der Waals surface area contributed by atoms with Gasteiger partial charge in [-0.15, -0.1) is 0 Å². The highest BCUT2D eigenvalue weighted by atomic mass is 16.5. The summed E-state index contributed by atoms with van der Waals surface area (Å²) in [6.07, 6.45) is 5.75. The number of ether oxygens (including phenoxy) is 2.